The lowest BCUT2D eigenvalue weighted by molar-refractivity contribution is 0.0714. The van der Waals surface area contributed by atoms with Crippen molar-refractivity contribution in [1.29, 1.82) is 0 Å². The Balaban J connectivity index is 2.60. The fourth-order valence-electron chi connectivity index (χ4n) is 1.33. The van der Waals surface area contributed by atoms with Crippen molar-refractivity contribution in [3.8, 4) is 0 Å². The van der Waals surface area contributed by atoms with Gasteiger partial charge < -0.3 is 5.11 Å². The Morgan fingerprint density at radius 1 is 1.23 bits per heavy atom. The third-order valence-electron chi connectivity index (χ3n) is 2.27. The van der Waals surface area contributed by atoms with Gasteiger partial charge in [-0.1, -0.05) is 24.3 Å². The van der Waals surface area contributed by atoms with Gasteiger partial charge in [-0.3, -0.25) is 0 Å². The van der Waals surface area contributed by atoms with Crippen molar-refractivity contribution in [1.82, 2.24) is 0 Å². The monoisotopic (exact) mass is 178 g/mol. The summed E-state index contributed by atoms with van der Waals surface area (Å²) in [6.07, 6.45) is 1.77. The molecule has 1 aromatic rings. The topological polar surface area (TPSA) is 20.2 Å². The van der Waals surface area contributed by atoms with Crippen LogP contribution in [-0.2, 0) is 6.42 Å². The van der Waals surface area contributed by atoms with E-state index in [9.17, 15) is 5.11 Å². The number of aliphatic hydroxyl groups is 1. The average Bonchev–Trinajstić information content (AvgIpc) is 2.01. The zero-order valence-corrected chi connectivity index (χ0v) is 8.67. The molecular weight excluding hydrogens is 160 g/mol. The zero-order valence-electron chi connectivity index (χ0n) is 8.67. The molecule has 0 spiro atoms. The normalized spacial score (nSPS) is 11.7. The Morgan fingerprint density at radius 3 is 2.38 bits per heavy atom. The van der Waals surface area contributed by atoms with Crippen LogP contribution < -0.4 is 0 Å². The highest BCUT2D eigenvalue weighted by atomic mass is 16.3. The molecule has 0 aliphatic heterocycles. The highest BCUT2D eigenvalue weighted by Gasteiger charge is 2.12. The van der Waals surface area contributed by atoms with Crippen LogP contribution in [0.2, 0.25) is 0 Å². The summed E-state index contributed by atoms with van der Waals surface area (Å²) in [5.74, 6) is 0. The minimum atomic E-state index is -0.553. The lowest BCUT2D eigenvalue weighted by atomic mass is 9.96. The summed E-state index contributed by atoms with van der Waals surface area (Å²) in [5, 5.41) is 9.57. The molecule has 0 atom stereocenters. The van der Waals surface area contributed by atoms with Gasteiger partial charge in [0.25, 0.3) is 0 Å². The Labute approximate surface area is 80.4 Å². The largest absolute Gasteiger partial charge is 0.390 e. The van der Waals surface area contributed by atoms with Crippen molar-refractivity contribution in [2.24, 2.45) is 0 Å². The first-order valence-corrected chi connectivity index (χ1v) is 4.76. The summed E-state index contributed by atoms with van der Waals surface area (Å²) in [6, 6.07) is 8.33. The van der Waals surface area contributed by atoms with Crippen LogP contribution in [0.1, 0.15) is 31.4 Å². The first-order valence-electron chi connectivity index (χ1n) is 4.76. The Kier molecular flexibility index (Phi) is 3.10. The Morgan fingerprint density at radius 2 is 1.85 bits per heavy atom. The molecule has 1 rings (SSSR count). The summed E-state index contributed by atoms with van der Waals surface area (Å²) in [7, 11) is 0. The molecule has 0 aliphatic carbocycles. The number of aryl methyl sites for hydroxylation is 2. The van der Waals surface area contributed by atoms with Gasteiger partial charge in [-0.15, -0.1) is 0 Å². The van der Waals surface area contributed by atoms with Crippen LogP contribution in [0.25, 0.3) is 0 Å². The van der Waals surface area contributed by atoms with Crippen LogP contribution >= 0.6 is 0 Å². The summed E-state index contributed by atoms with van der Waals surface area (Å²) >= 11 is 0. The molecule has 1 N–H and O–H groups in total. The van der Waals surface area contributed by atoms with E-state index in [0.717, 1.165) is 12.8 Å². The molecule has 0 radical (unpaired) electrons. The van der Waals surface area contributed by atoms with Gasteiger partial charge in [0.1, 0.15) is 0 Å². The van der Waals surface area contributed by atoms with Crippen LogP contribution in [0.15, 0.2) is 24.3 Å². The van der Waals surface area contributed by atoms with Gasteiger partial charge in [-0.25, -0.2) is 0 Å². The Hall–Kier alpha value is -0.820. The van der Waals surface area contributed by atoms with Crippen molar-refractivity contribution in [3.05, 3.63) is 35.4 Å². The number of benzene rings is 1. The smallest absolute Gasteiger partial charge is 0.0594 e. The minimum Gasteiger partial charge on any atom is -0.390 e. The van der Waals surface area contributed by atoms with Gasteiger partial charge in [-0.05, 0) is 44.7 Å². The standard InChI is InChI=1S/C12H18O/c1-10-6-4-5-7-11(10)8-9-12(2,3)13/h4-7,13H,8-9H2,1-3H3. The lowest BCUT2D eigenvalue weighted by Crippen LogP contribution is -2.19. The fraction of sp³-hybridized carbons (Fsp3) is 0.500. The van der Waals surface area contributed by atoms with E-state index in [1.165, 1.54) is 11.1 Å². The van der Waals surface area contributed by atoms with Gasteiger partial charge in [-0.2, -0.15) is 0 Å². The van der Waals surface area contributed by atoms with Crippen molar-refractivity contribution in [3.63, 3.8) is 0 Å². The predicted molar refractivity (Wildman–Crippen MR) is 55.8 cm³/mol. The molecule has 0 unspecified atom stereocenters. The first kappa shape index (κ1) is 10.3. The van der Waals surface area contributed by atoms with E-state index in [2.05, 4.69) is 19.1 Å². The van der Waals surface area contributed by atoms with Gasteiger partial charge in [0, 0.05) is 0 Å². The molecule has 0 bridgehead atoms. The molecule has 13 heavy (non-hydrogen) atoms. The van der Waals surface area contributed by atoms with Crippen LogP contribution in [0.4, 0.5) is 0 Å². The molecule has 0 aliphatic rings. The second kappa shape index (κ2) is 3.93. The van der Waals surface area contributed by atoms with Crippen LogP contribution in [0.5, 0.6) is 0 Å². The predicted octanol–water partition coefficient (Wildman–Crippen LogP) is 2.70. The van der Waals surface area contributed by atoms with E-state index >= 15 is 0 Å². The number of hydrogen-bond donors (Lipinski definition) is 1. The zero-order chi connectivity index (χ0) is 9.90. The third-order valence-corrected chi connectivity index (χ3v) is 2.27. The van der Waals surface area contributed by atoms with E-state index in [0.29, 0.717) is 0 Å². The highest BCUT2D eigenvalue weighted by molar-refractivity contribution is 5.25. The summed E-state index contributed by atoms with van der Waals surface area (Å²) in [4.78, 5) is 0. The van der Waals surface area contributed by atoms with Crippen molar-refractivity contribution in [2.45, 2.75) is 39.2 Å². The van der Waals surface area contributed by atoms with Crippen molar-refractivity contribution in [2.75, 3.05) is 0 Å². The molecule has 0 heterocycles. The maximum absolute atomic E-state index is 9.57. The van der Waals surface area contributed by atoms with Crippen LogP contribution in [0, 0.1) is 6.92 Å². The minimum absolute atomic E-state index is 0.553. The molecule has 0 saturated carbocycles. The highest BCUT2D eigenvalue weighted by Crippen LogP contribution is 2.15. The molecule has 1 nitrogen and oxygen atoms in total. The molecular formula is C12H18O. The average molecular weight is 178 g/mol. The second-order valence-corrected chi connectivity index (χ2v) is 4.24. The van der Waals surface area contributed by atoms with Crippen molar-refractivity contribution < 1.29 is 5.11 Å². The van der Waals surface area contributed by atoms with Gasteiger partial charge >= 0.3 is 0 Å². The van der Waals surface area contributed by atoms with Gasteiger partial charge in [0.2, 0.25) is 0 Å². The van der Waals surface area contributed by atoms with E-state index in [-0.39, 0.29) is 0 Å². The molecule has 0 aromatic heterocycles. The van der Waals surface area contributed by atoms with E-state index in [1.807, 2.05) is 26.0 Å². The van der Waals surface area contributed by atoms with E-state index in [1.54, 1.807) is 0 Å². The van der Waals surface area contributed by atoms with Gasteiger partial charge in [0.05, 0.1) is 5.60 Å². The Bertz CT molecular complexity index is 271. The van der Waals surface area contributed by atoms with E-state index in [4.69, 9.17) is 0 Å². The molecule has 0 saturated heterocycles. The van der Waals surface area contributed by atoms with Gasteiger partial charge in [0.15, 0.2) is 0 Å². The van der Waals surface area contributed by atoms with Crippen molar-refractivity contribution >= 4 is 0 Å². The summed E-state index contributed by atoms with van der Waals surface area (Å²) < 4.78 is 0. The fourth-order valence-corrected chi connectivity index (χ4v) is 1.33. The first-order chi connectivity index (χ1) is 5.99. The quantitative estimate of drug-likeness (QED) is 0.754. The SMILES string of the molecule is Cc1ccccc1CCC(C)(C)O. The van der Waals surface area contributed by atoms with Crippen LogP contribution in [-0.4, -0.2) is 10.7 Å². The molecule has 0 amide bonds. The lowest BCUT2D eigenvalue weighted by Gasteiger charge is -2.17. The summed E-state index contributed by atoms with van der Waals surface area (Å²) in [6.45, 7) is 5.82. The molecule has 72 valence electrons. The maximum atomic E-state index is 9.57. The number of rotatable bonds is 3. The number of hydrogen-bond acceptors (Lipinski definition) is 1. The third kappa shape index (κ3) is 3.60. The summed E-state index contributed by atoms with van der Waals surface area (Å²) in [5.41, 5.74) is 2.10. The molecule has 1 aromatic carbocycles. The van der Waals surface area contributed by atoms with Crippen LogP contribution in [0.3, 0.4) is 0 Å². The molecule has 1 heteroatoms. The molecule has 0 fully saturated rings. The van der Waals surface area contributed by atoms with E-state index < -0.39 is 5.60 Å². The maximum Gasteiger partial charge on any atom is 0.0594 e. The second-order valence-electron chi connectivity index (χ2n) is 4.24.